The molecule has 0 radical (unpaired) electrons. The van der Waals surface area contributed by atoms with E-state index in [2.05, 4.69) is 16.9 Å². The number of carbonyl (C=O) groups excluding carboxylic acids is 2. The topological polar surface area (TPSA) is 106 Å². The number of ether oxygens (including phenoxy) is 2. The SMILES string of the molecule is CCCCOc1ccc(C2C(=C(O)c3c(C)nc4ccccn34)C(=O)C(=O)N2c2nccs2)cc1OCC. The Kier molecular flexibility index (Phi) is 7.15. The van der Waals surface area contributed by atoms with Crippen LogP contribution in [0.15, 0.2) is 59.7 Å². The summed E-state index contributed by atoms with van der Waals surface area (Å²) in [5.41, 5.74) is 2.04. The molecule has 5 rings (SSSR count). The number of imidazole rings is 1. The maximum absolute atomic E-state index is 13.5. The molecule has 1 aliphatic heterocycles. The van der Waals surface area contributed by atoms with Crippen LogP contribution in [0.3, 0.4) is 0 Å². The van der Waals surface area contributed by atoms with E-state index in [1.165, 1.54) is 16.2 Å². The minimum Gasteiger partial charge on any atom is -0.505 e. The zero-order valence-electron chi connectivity index (χ0n) is 21.4. The largest absolute Gasteiger partial charge is 0.505 e. The minimum atomic E-state index is -0.932. The number of anilines is 1. The van der Waals surface area contributed by atoms with E-state index < -0.39 is 17.7 Å². The van der Waals surface area contributed by atoms with E-state index in [1.54, 1.807) is 53.4 Å². The Hall–Kier alpha value is -4.18. The highest BCUT2D eigenvalue weighted by Crippen LogP contribution is 2.45. The van der Waals surface area contributed by atoms with Crippen LogP contribution in [0, 0.1) is 6.92 Å². The highest BCUT2D eigenvalue weighted by molar-refractivity contribution is 7.14. The molecule has 1 aromatic carbocycles. The number of carbonyl (C=O) groups is 2. The molecular formula is C28H28N4O5S. The van der Waals surface area contributed by atoms with Crippen LogP contribution in [0.2, 0.25) is 0 Å². The molecule has 10 heteroatoms. The highest BCUT2D eigenvalue weighted by Gasteiger charge is 2.48. The quantitative estimate of drug-likeness (QED) is 0.135. The monoisotopic (exact) mass is 532 g/mol. The Labute approximate surface area is 224 Å². The van der Waals surface area contributed by atoms with Gasteiger partial charge in [0, 0.05) is 17.8 Å². The molecule has 1 fully saturated rings. The zero-order chi connectivity index (χ0) is 26.8. The van der Waals surface area contributed by atoms with Gasteiger partial charge >= 0.3 is 5.91 Å². The third-order valence-corrected chi connectivity index (χ3v) is 7.11. The Balaban J connectivity index is 1.70. The fourth-order valence-electron chi connectivity index (χ4n) is 4.62. The van der Waals surface area contributed by atoms with Crippen LogP contribution in [0.5, 0.6) is 11.5 Å². The normalized spacial score (nSPS) is 16.9. The summed E-state index contributed by atoms with van der Waals surface area (Å²) in [6, 6.07) is 9.85. The molecule has 4 heterocycles. The van der Waals surface area contributed by atoms with Crippen molar-refractivity contribution in [2.75, 3.05) is 18.1 Å². The molecule has 0 bridgehead atoms. The van der Waals surface area contributed by atoms with Gasteiger partial charge < -0.3 is 14.6 Å². The number of nitrogens with zero attached hydrogens (tertiary/aromatic N) is 4. The summed E-state index contributed by atoms with van der Waals surface area (Å²) in [7, 11) is 0. The number of pyridine rings is 1. The lowest BCUT2D eigenvalue weighted by Gasteiger charge is -2.24. The summed E-state index contributed by atoms with van der Waals surface area (Å²) in [6.07, 6.45) is 5.22. The molecule has 0 saturated carbocycles. The molecular weight excluding hydrogens is 504 g/mol. The van der Waals surface area contributed by atoms with Gasteiger partial charge in [0.2, 0.25) is 0 Å². The van der Waals surface area contributed by atoms with Crippen molar-refractivity contribution in [2.24, 2.45) is 0 Å². The summed E-state index contributed by atoms with van der Waals surface area (Å²) < 4.78 is 13.5. The van der Waals surface area contributed by atoms with Gasteiger partial charge in [-0.15, -0.1) is 11.3 Å². The van der Waals surface area contributed by atoms with Crippen molar-refractivity contribution in [3.05, 3.63) is 76.7 Å². The van der Waals surface area contributed by atoms with Gasteiger partial charge in [0.05, 0.1) is 30.5 Å². The number of aryl methyl sites for hydroxylation is 1. The number of aromatic nitrogens is 3. The molecule has 1 saturated heterocycles. The second-order valence-corrected chi connectivity index (χ2v) is 9.67. The van der Waals surface area contributed by atoms with Crippen LogP contribution < -0.4 is 14.4 Å². The lowest BCUT2D eigenvalue weighted by molar-refractivity contribution is -0.132. The van der Waals surface area contributed by atoms with Crippen LogP contribution in [-0.4, -0.2) is 44.4 Å². The van der Waals surface area contributed by atoms with Crippen molar-refractivity contribution in [2.45, 2.75) is 39.7 Å². The predicted molar refractivity (Wildman–Crippen MR) is 145 cm³/mol. The summed E-state index contributed by atoms with van der Waals surface area (Å²) in [5, 5.41) is 13.7. The van der Waals surface area contributed by atoms with Gasteiger partial charge in [-0.1, -0.05) is 25.5 Å². The molecule has 0 aliphatic carbocycles. The summed E-state index contributed by atoms with van der Waals surface area (Å²) in [5.74, 6) is -0.789. The molecule has 38 heavy (non-hydrogen) atoms. The number of unbranched alkanes of at least 4 members (excludes halogenated alkanes) is 1. The van der Waals surface area contributed by atoms with Crippen molar-refractivity contribution in [3.8, 4) is 11.5 Å². The Morgan fingerprint density at radius 2 is 1.97 bits per heavy atom. The zero-order valence-corrected chi connectivity index (χ0v) is 22.2. The number of hydrogen-bond acceptors (Lipinski definition) is 8. The van der Waals surface area contributed by atoms with Gasteiger partial charge in [0.1, 0.15) is 11.3 Å². The van der Waals surface area contributed by atoms with Gasteiger partial charge in [0.15, 0.2) is 22.4 Å². The number of aliphatic hydroxyl groups is 1. The molecule has 9 nitrogen and oxygen atoms in total. The van der Waals surface area contributed by atoms with E-state index >= 15 is 0 Å². The van der Waals surface area contributed by atoms with Gasteiger partial charge in [-0.05, 0) is 50.1 Å². The number of rotatable bonds is 9. The van der Waals surface area contributed by atoms with Crippen molar-refractivity contribution in [1.82, 2.24) is 14.4 Å². The van der Waals surface area contributed by atoms with Crippen LogP contribution in [0.1, 0.15) is 49.7 Å². The summed E-state index contributed by atoms with van der Waals surface area (Å²) in [4.78, 5) is 37.1. The third-order valence-electron chi connectivity index (χ3n) is 6.34. The standard InChI is InChI=1S/C28H28N4O5S/c1-4-6-14-37-19-11-10-18(16-20(19)36-5-2)24-22(26(34)27(35)32(24)28-29-12-15-38-28)25(33)23-17(3)30-21-9-7-8-13-31(21)23/h7-13,15-16,24,33H,4-6,14H2,1-3H3. The second-order valence-electron chi connectivity index (χ2n) is 8.80. The van der Waals surface area contributed by atoms with Crippen molar-refractivity contribution >= 4 is 39.6 Å². The first-order valence-electron chi connectivity index (χ1n) is 12.5. The first-order valence-corrected chi connectivity index (χ1v) is 13.4. The fourth-order valence-corrected chi connectivity index (χ4v) is 5.28. The Morgan fingerprint density at radius 1 is 1.13 bits per heavy atom. The molecule has 0 spiro atoms. The molecule has 1 unspecified atom stereocenters. The number of benzene rings is 1. The number of ketones is 1. The second kappa shape index (κ2) is 10.7. The number of Topliss-reactive ketones (excluding diaryl/α,β-unsaturated/α-hetero) is 1. The van der Waals surface area contributed by atoms with Crippen molar-refractivity contribution in [1.29, 1.82) is 0 Å². The Bertz CT molecular complexity index is 1530. The first-order chi connectivity index (χ1) is 18.5. The average Bonchev–Trinajstić information content (AvgIpc) is 3.61. The van der Waals surface area contributed by atoms with Crippen LogP contribution in [0.4, 0.5) is 5.13 Å². The van der Waals surface area contributed by atoms with Gasteiger partial charge in [-0.3, -0.25) is 18.9 Å². The van der Waals surface area contributed by atoms with E-state index in [9.17, 15) is 14.7 Å². The van der Waals surface area contributed by atoms with E-state index in [1.807, 2.05) is 19.1 Å². The third kappa shape index (κ3) is 4.41. The fraction of sp³-hybridized carbons (Fsp3) is 0.286. The van der Waals surface area contributed by atoms with Crippen molar-refractivity contribution < 1.29 is 24.2 Å². The van der Waals surface area contributed by atoms with Crippen LogP contribution in [0.25, 0.3) is 11.4 Å². The molecule has 1 N–H and O–H groups in total. The van der Waals surface area contributed by atoms with E-state index in [0.29, 0.717) is 52.4 Å². The molecule has 196 valence electrons. The smallest absolute Gasteiger partial charge is 0.301 e. The highest BCUT2D eigenvalue weighted by atomic mass is 32.1. The van der Waals surface area contributed by atoms with E-state index in [-0.39, 0.29) is 11.3 Å². The first kappa shape index (κ1) is 25.5. The number of amides is 1. The number of thiazole rings is 1. The minimum absolute atomic E-state index is 0.0407. The van der Waals surface area contributed by atoms with Crippen molar-refractivity contribution in [3.63, 3.8) is 0 Å². The number of fused-ring (bicyclic) bond motifs is 1. The van der Waals surface area contributed by atoms with Crippen LogP contribution >= 0.6 is 11.3 Å². The molecule has 1 aliphatic rings. The number of aliphatic hydroxyl groups excluding tert-OH is 1. The molecule has 4 aromatic rings. The Morgan fingerprint density at radius 3 is 2.71 bits per heavy atom. The lowest BCUT2D eigenvalue weighted by atomic mass is 9.96. The van der Waals surface area contributed by atoms with Crippen LogP contribution in [-0.2, 0) is 9.59 Å². The number of hydrogen-bond donors (Lipinski definition) is 1. The maximum atomic E-state index is 13.5. The summed E-state index contributed by atoms with van der Waals surface area (Å²) in [6.45, 7) is 6.66. The van der Waals surface area contributed by atoms with E-state index in [4.69, 9.17) is 9.47 Å². The summed E-state index contributed by atoms with van der Waals surface area (Å²) >= 11 is 1.24. The van der Waals surface area contributed by atoms with Gasteiger partial charge in [-0.25, -0.2) is 9.97 Å². The molecule has 3 aromatic heterocycles. The lowest BCUT2D eigenvalue weighted by Crippen LogP contribution is -2.29. The molecule has 1 atom stereocenters. The van der Waals surface area contributed by atoms with Gasteiger partial charge in [0.25, 0.3) is 5.78 Å². The van der Waals surface area contributed by atoms with Gasteiger partial charge in [-0.2, -0.15) is 0 Å². The average molecular weight is 533 g/mol. The maximum Gasteiger partial charge on any atom is 0.301 e. The van der Waals surface area contributed by atoms with E-state index in [0.717, 1.165) is 12.8 Å². The molecule has 1 amide bonds. The predicted octanol–water partition coefficient (Wildman–Crippen LogP) is 5.30.